The molecular weight excluding hydrogens is 273 g/mol. The highest BCUT2D eigenvalue weighted by Crippen LogP contribution is 2.25. The fourth-order valence-corrected chi connectivity index (χ4v) is 2.67. The van der Waals surface area contributed by atoms with Gasteiger partial charge in [0.25, 0.3) is 0 Å². The van der Waals surface area contributed by atoms with Gasteiger partial charge in [-0.3, -0.25) is 0 Å². The van der Waals surface area contributed by atoms with Crippen LogP contribution in [-0.2, 0) is 6.42 Å². The molecule has 1 N–H and O–H groups in total. The number of halogens is 2. The first-order valence-corrected chi connectivity index (χ1v) is 7.22. The third kappa shape index (κ3) is 3.59. The summed E-state index contributed by atoms with van der Waals surface area (Å²) in [6.45, 7) is 4.86. The highest BCUT2D eigenvalue weighted by molar-refractivity contribution is 6.31. The zero-order chi connectivity index (χ0) is 14.5. The molecule has 0 radical (unpaired) electrons. The molecule has 2 aromatic carbocycles. The number of benzene rings is 2. The lowest BCUT2D eigenvalue weighted by atomic mass is 9.95. The number of aryl methyl sites for hydroxylation is 1. The van der Waals surface area contributed by atoms with E-state index in [1.54, 1.807) is 6.07 Å². The standard InChI is InChI=1S/C17H19ClFN/c1-3-20-17(11-13-6-4-5-7-16(13)18)15-9-8-14(19)10-12(15)2/h4-10,17,20H,3,11H2,1-2H3. The highest BCUT2D eigenvalue weighted by Gasteiger charge is 2.15. The summed E-state index contributed by atoms with van der Waals surface area (Å²) in [5.41, 5.74) is 3.18. The van der Waals surface area contributed by atoms with Crippen LogP contribution < -0.4 is 5.32 Å². The Labute approximate surface area is 124 Å². The van der Waals surface area contributed by atoms with Crippen molar-refractivity contribution in [3.8, 4) is 0 Å². The van der Waals surface area contributed by atoms with E-state index in [9.17, 15) is 4.39 Å². The summed E-state index contributed by atoms with van der Waals surface area (Å²) in [5, 5.41) is 4.23. The van der Waals surface area contributed by atoms with E-state index in [-0.39, 0.29) is 11.9 Å². The molecule has 0 heterocycles. The summed E-state index contributed by atoms with van der Waals surface area (Å²) in [4.78, 5) is 0. The average molecular weight is 292 g/mol. The summed E-state index contributed by atoms with van der Waals surface area (Å²) in [5.74, 6) is -0.195. The van der Waals surface area contributed by atoms with Crippen molar-refractivity contribution in [3.05, 3.63) is 70.0 Å². The topological polar surface area (TPSA) is 12.0 Å². The van der Waals surface area contributed by atoms with Crippen molar-refractivity contribution in [1.82, 2.24) is 5.32 Å². The molecule has 0 fully saturated rings. The van der Waals surface area contributed by atoms with Gasteiger partial charge in [0.05, 0.1) is 0 Å². The van der Waals surface area contributed by atoms with Gasteiger partial charge in [-0.1, -0.05) is 42.8 Å². The van der Waals surface area contributed by atoms with Gasteiger partial charge in [0.2, 0.25) is 0 Å². The van der Waals surface area contributed by atoms with Gasteiger partial charge >= 0.3 is 0 Å². The molecule has 2 rings (SSSR count). The number of rotatable bonds is 5. The smallest absolute Gasteiger partial charge is 0.123 e. The Bertz CT molecular complexity index is 583. The van der Waals surface area contributed by atoms with Gasteiger partial charge in [-0.2, -0.15) is 0 Å². The number of hydrogen-bond donors (Lipinski definition) is 1. The molecule has 0 amide bonds. The lowest BCUT2D eigenvalue weighted by Gasteiger charge is -2.21. The Kier molecular flexibility index (Phi) is 5.16. The molecule has 20 heavy (non-hydrogen) atoms. The second-order valence-electron chi connectivity index (χ2n) is 4.91. The fraction of sp³-hybridized carbons (Fsp3) is 0.294. The van der Waals surface area contributed by atoms with Crippen LogP contribution in [0.1, 0.15) is 29.7 Å². The van der Waals surface area contributed by atoms with Crippen LogP contribution in [0.4, 0.5) is 4.39 Å². The highest BCUT2D eigenvalue weighted by atomic mass is 35.5. The first-order valence-electron chi connectivity index (χ1n) is 6.84. The van der Waals surface area contributed by atoms with Gasteiger partial charge in [0.15, 0.2) is 0 Å². The van der Waals surface area contributed by atoms with Crippen molar-refractivity contribution in [1.29, 1.82) is 0 Å². The Hall–Kier alpha value is -1.38. The maximum atomic E-state index is 13.2. The predicted molar refractivity (Wildman–Crippen MR) is 82.7 cm³/mol. The molecule has 0 bridgehead atoms. The lowest BCUT2D eigenvalue weighted by molar-refractivity contribution is 0.544. The minimum atomic E-state index is -0.195. The third-order valence-corrected chi connectivity index (χ3v) is 3.81. The van der Waals surface area contributed by atoms with Crippen LogP contribution in [0, 0.1) is 12.7 Å². The summed E-state index contributed by atoms with van der Waals surface area (Å²) in [6.07, 6.45) is 0.792. The molecular formula is C17H19ClFN. The van der Waals surface area contributed by atoms with E-state index in [0.717, 1.165) is 34.7 Å². The van der Waals surface area contributed by atoms with Crippen molar-refractivity contribution in [3.63, 3.8) is 0 Å². The number of hydrogen-bond acceptors (Lipinski definition) is 1. The molecule has 1 atom stereocenters. The van der Waals surface area contributed by atoms with E-state index in [4.69, 9.17) is 11.6 Å². The normalized spacial score (nSPS) is 12.4. The van der Waals surface area contributed by atoms with Gasteiger partial charge in [0, 0.05) is 11.1 Å². The van der Waals surface area contributed by atoms with Crippen LogP contribution in [0.2, 0.25) is 5.02 Å². The molecule has 3 heteroatoms. The molecule has 0 aliphatic heterocycles. The zero-order valence-corrected chi connectivity index (χ0v) is 12.5. The molecule has 1 unspecified atom stereocenters. The Balaban J connectivity index is 2.29. The second kappa shape index (κ2) is 6.87. The first kappa shape index (κ1) is 15.0. The maximum absolute atomic E-state index is 13.2. The molecule has 0 saturated carbocycles. The maximum Gasteiger partial charge on any atom is 0.123 e. The van der Waals surface area contributed by atoms with Crippen LogP contribution in [-0.4, -0.2) is 6.54 Å². The summed E-state index contributed by atoms with van der Waals surface area (Å²) in [7, 11) is 0. The van der Waals surface area contributed by atoms with Crippen molar-refractivity contribution in [2.75, 3.05) is 6.54 Å². The van der Waals surface area contributed by atoms with Crippen molar-refractivity contribution >= 4 is 11.6 Å². The van der Waals surface area contributed by atoms with Crippen LogP contribution in [0.3, 0.4) is 0 Å². The molecule has 1 nitrogen and oxygen atoms in total. The average Bonchev–Trinajstić information content (AvgIpc) is 2.41. The summed E-state index contributed by atoms with van der Waals surface area (Å²) < 4.78 is 13.2. The van der Waals surface area contributed by atoms with Crippen molar-refractivity contribution < 1.29 is 4.39 Å². The minimum absolute atomic E-state index is 0.139. The van der Waals surface area contributed by atoms with Crippen LogP contribution >= 0.6 is 11.6 Å². The Morgan fingerprint density at radius 1 is 1.20 bits per heavy atom. The molecule has 2 aromatic rings. The van der Waals surface area contributed by atoms with E-state index in [2.05, 4.69) is 12.2 Å². The van der Waals surface area contributed by atoms with E-state index in [0.29, 0.717) is 0 Å². The fourth-order valence-electron chi connectivity index (χ4n) is 2.45. The Morgan fingerprint density at radius 2 is 1.95 bits per heavy atom. The second-order valence-corrected chi connectivity index (χ2v) is 5.31. The van der Waals surface area contributed by atoms with Gasteiger partial charge < -0.3 is 5.32 Å². The molecule has 0 aromatic heterocycles. The number of likely N-dealkylation sites (N-methyl/N-ethyl adjacent to an activating group) is 1. The minimum Gasteiger partial charge on any atom is -0.310 e. The molecule has 0 aliphatic rings. The lowest BCUT2D eigenvalue weighted by Crippen LogP contribution is -2.24. The summed E-state index contributed by atoms with van der Waals surface area (Å²) in [6, 6.07) is 12.9. The SMILES string of the molecule is CCNC(Cc1ccccc1Cl)c1ccc(F)cc1C. The van der Waals surface area contributed by atoms with Gasteiger partial charge in [0.1, 0.15) is 5.82 Å². The summed E-state index contributed by atoms with van der Waals surface area (Å²) >= 11 is 6.23. The van der Waals surface area contributed by atoms with Crippen molar-refractivity contribution in [2.45, 2.75) is 26.3 Å². The molecule has 0 spiro atoms. The quantitative estimate of drug-likeness (QED) is 0.843. The molecule has 0 saturated heterocycles. The van der Waals surface area contributed by atoms with Gasteiger partial charge in [-0.25, -0.2) is 4.39 Å². The van der Waals surface area contributed by atoms with Crippen LogP contribution in [0.25, 0.3) is 0 Å². The van der Waals surface area contributed by atoms with E-state index >= 15 is 0 Å². The van der Waals surface area contributed by atoms with Crippen LogP contribution in [0.15, 0.2) is 42.5 Å². The van der Waals surface area contributed by atoms with Crippen molar-refractivity contribution in [2.24, 2.45) is 0 Å². The van der Waals surface area contributed by atoms with E-state index in [1.165, 1.54) is 6.07 Å². The molecule has 106 valence electrons. The Morgan fingerprint density at radius 3 is 2.60 bits per heavy atom. The largest absolute Gasteiger partial charge is 0.310 e. The van der Waals surface area contributed by atoms with E-state index in [1.807, 2.05) is 37.3 Å². The zero-order valence-electron chi connectivity index (χ0n) is 11.8. The number of nitrogens with one attached hydrogen (secondary N) is 1. The van der Waals surface area contributed by atoms with Gasteiger partial charge in [-0.15, -0.1) is 0 Å². The van der Waals surface area contributed by atoms with E-state index < -0.39 is 0 Å². The third-order valence-electron chi connectivity index (χ3n) is 3.44. The molecule has 0 aliphatic carbocycles. The monoisotopic (exact) mass is 291 g/mol. The predicted octanol–water partition coefficient (Wildman–Crippen LogP) is 4.68. The van der Waals surface area contributed by atoms with Crippen LogP contribution in [0.5, 0.6) is 0 Å². The first-order chi connectivity index (χ1) is 9.61. The van der Waals surface area contributed by atoms with Gasteiger partial charge in [-0.05, 0) is 54.8 Å².